The smallest absolute Gasteiger partial charge is 0.325 e. The maximum atomic E-state index is 11.7. The zero-order valence-corrected chi connectivity index (χ0v) is 13.5. The number of amides is 1. The fourth-order valence-corrected chi connectivity index (χ4v) is 2.29. The van der Waals surface area contributed by atoms with E-state index in [0.717, 1.165) is 16.7 Å². The van der Waals surface area contributed by atoms with E-state index >= 15 is 0 Å². The van der Waals surface area contributed by atoms with E-state index in [0.29, 0.717) is 0 Å². The van der Waals surface area contributed by atoms with Crippen LogP contribution in [0.25, 0.3) is 11.1 Å². The van der Waals surface area contributed by atoms with E-state index in [2.05, 4.69) is 5.32 Å². The molecule has 1 amide bonds. The quantitative estimate of drug-likeness (QED) is 0.701. The van der Waals surface area contributed by atoms with Crippen molar-refractivity contribution in [2.75, 3.05) is 6.54 Å². The SMILES string of the molecule is O=C(CNC(=O)c1ccco1)OCc1ccc(-c2ccccc2)cc1. The Morgan fingerprint density at radius 2 is 1.60 bits per heavy atom. The van der Waals surface area contributed by atoms with Crippen molar-refractivity contribution < 1.29 is 18.7 Å². The Labute approximate surface area is 145 Å². The fourth-order valence-electron chi connectivity index (χ4n) is 2.29. The van der Waals surface area contributed by atoms with Crippen LogP contribution in [0.3, 0.4) is 0 Å². The minimum Gasteiger partial charge on any atom is -0.460 e. The number of furan rings is 1. The van der Waals surface area contributed by atoms with Crippen LogP contribution in [0.15, 0.2) is 77.4 Å². The predicted octanol–water partition coefficient (Wildman–Crippen LogP) is 3.42. The molecule has 0 fully saturated rings. The third-order valence-electron chi connectivity index (χ3n) is 3.60. The first-order valence-corrected chi connectivity index (χ1v) is 7.84. The van der Waals surface area contributed by atoms with Crippen molar-refractivity contribution in [2.45, 2.75) is 6.61 Å². The molecule has 0 aliphatic rings. The zero-order valence-electron chi connectivity index (χ0n) is 13.5. The summed E-state index contributed by atoms with van der Waals surface area (Å²) in [6.45, 7) is -0.0494. The molecule has 0 radical (unpaired) electrons. The average molecular weight is 335 g/mol. The highest BCUT2D eigenvalue weighted by Crippen LogP contribution is 2.19. The molecule has 3 rings (SSSR count). The first-order chi connectivity index (χ1) is 12.2. The lowest BCUT2D eigenvalue weighted by atomic mass is 10.0. The molecule has 1 N–H and O–H groups in total. The molecule has 126 valence electrons. The molecule has 1 heterocycles. The van der Waals surface area contributed by atoms with Gasteiger partial charge in [0.2, 0.25) is 0 Å². The van der Waals surface area contributed by atoms with Gasteiger partial charge in [0.15, 0.2) is 5.76 Å². The van der Waals surface area contributed by atoms with Crippen LogP contribution in [0, 0.1) is 0 Å². The molecule has 0 saturated carbocycles. The van der Waals surface area contributed by atoms with Crippen LogP contribution < -0.4 is 5.32 Å². The monoisotopic (exact) mass is 335 g/mol. The van der Waals surface area contributed by atoms with Gasteiger partial charge in [0.1, 0.15) is 13.2 Å². The standard InChI is InChI=1S/C20H17NO4/c22-19(13-21-20(23)18-7-4-12-24-18)25-14-15-8-10-17(11-9-15)16-5-2-1-3-6-16/h1-12H,13-14H2,(H,21,23). The molecule has 5 heteroatoms. The van der Waals surface area contributed by atoms with Crippen molar-refractivity contribution >= 4 is 11.9 Å². The van der Waals surface area contributed by atoms with Crippen molar-refractivity contribution in [2.24, 2.45) is 0 Å². The summed E-state index contributed by atoms with van der Waals surface area (Å²) in [7, 11) is 0. The summed E-state index contributed by atoms with van der Waals surface area (Å²) >= 11 is 0. The second-order valence-electron chi connectivity index (χ2n) is 5.38. The summed E-state index contributed by atoms with van der Waals surface area (Å²) in [4.78, 5) is 23.4. The van der Waals surface area contributed by atoms with Crippen LogP contribution >= 0.6 is 0 Å². The highest BCUT2D eigenvalue weighted by Gasteiger charge is 2.11. The Hall–Kier alpha value is -3.34. The van der Waals surface area contributed by atoms with Gasteiger partial charge in [-0.1, -0.05) is 54.6 Å². The first-order valence-electron chi connectivity index (χ1n) is 7.84. The number of ether oxygens (including phenoxy) is 1. The second kappa shape index (κ2) is 7.97. The van der Waals surface area contributed by atoms with Gasteiger partial charge in [-0.05, 0) is 28.8 Å². The van der Waals surface area contributed by atoms with E-state index in [-0.39, 0.29) is 18.9 Å². The lowest BCUT2D eigenvalue weighted by Gasteiger charge is -2.07. The topological polar surface area (TPSA) is 68.5 Å². The lowest BCUT2D eigenvalue weighted by Crippen LogP contribution is -2.30. The number of carbonyl (C=O) groups excluding carboxylic acids is 2. The van der Waals surface area contributed by atoms with Crippen molar-refractivity contribution in [3.8, 4) is 11.1 Å². The largest absolute Gasteiger partial charge is 0.460 e. The molecule has 0 saturated heterocycles. The van der Waals surface area contributed by atoms with E-state index in [9.17, 15) is 9.59 Å². The third kappa shape index (κ3) is 4.57. The third-order valence-corrected chi connectivity index (χ3v) is 3.60. The van der Waals surface area contributed by atoms with Gasteiger partial charge < -0.3 is 14.5 Å². The number of esters is 1. The van der Waals surface area contributed by atoms with E-state index < -0.39 is 11.9 Å². The summed E-state index contributed by atoms with van der Waals surface area (Å²) in [5, 5.41) is 2.44. The summed E-state index contributed by atoms with van der Waals surface area (Å²) in [5.74, 6) is -0.800. The predicted molar refractivity (Wildman–Crippen MR) is 92.7 cm³/mol. The van der Waals surface area contributed by atoms with Crippen LogP contribution in [0.1, 0.15) is 16.1 Å². The van der Waals surface area contributed by atoms with Crippen LogP contribution in [0.5, 0.6) is 0 Å². The van der Waals surface area contributed by atoms with Crippen molar-refractivity contribution in [3.05, 3.63) is 84.3 Å². The number of rotatable bonds is 6. The van der Waals surface area contributed by atoms with E-state index in [1.807, 2.05) is 54.6 Å². The summed E-state index contributed by atoms with van der Waals surface area (Å²) in [6, 6.07) is 20.9. The fraction of sp³-hybridized carbons (Fsp3) is 0.100. The van der Waals surface area contributed by atoms with Crippen molar-refractivity contribution in [1.29, 1.82) is 0 Å². The van der Waals surface area contributed by atoms with Crippen LogP contribution in [-0.2, 0) is 16.1 Å². The second-order valence-corrected chi connectivity index (χ2v) is 5.38. The van der Waals surface area contributed by atoms with Crippen LogP contribution in [-0.4, -0.2) is 18.4 Å². The Morgan fingerprint density at radius 1 is 0.880 bits per heavy atom. The van der Waals surface area contributed by atoms with Gasteiger partial charge >= 0.3 is 5.97 Å². The average Bonchev–Trinajstić information content (AvgIpc) is 3.20. The highest BCUT2D eigenvalue weighted by molar-refractivity contribution is 5.93. The molecule has 0 aliphatic carbocycles. The Balaban J connectivity index is 1.46. The molecule has 25 heavy (non-hydrogen) atoms. The zero-order chi connectivity index (χ0) is 17.5. The van der Waals surface area contributed by atoms with Crippen LogP contribution in [0.2, 0.25) is 0 Å². The van der Waals surface area contributed by atoms with Gasteiger partial charge in [-0.3, -0.25) is 9.59 Å². The summed E-state index contributed by atoms with van der Waals surface area (Å²) in [5.41, 5.74) is 3.11. The summed E-state index contributed by atoms with van der Waals surface area (Å²) in [6.07, 6.45) is 1.40. The number of nitrogens with one attached hydrogen (secondary N) is 1. The van der Waals surface area contributed by atoms with Gasteiger partial charge in [0, 0.05) is 0 Å². The Morgan fingerprint density at radius 3 is 2.28 bits per heavy atom. The van der Waals surface area contributed by atoms with E-state index in [4.69, 9.17) is 9.15 Å². The molecule has 1 aromatic heterocycles. The van der Waals surface area contributed by atoms with Gasteiger partial charge in [-0.25, -0.2) is 0 Å². The van der Waals surface area contributed by atoms with E-state index in [1.165, 1.54) is 12.3 Å². The maximum absolute atomic E-state index is 11.7. The van der Waals surface area contributed by atoms with Crippen molar-refractivity contribution in [1.82, 2.24) is 5.32 Å². The maximum Gasteiger partial charge on any atom is 0.325 e. The normalized spacial score (nSPS) is 10.2. The molecular weight excluding hydrogens is 318 g/mol. The highest BCUT2D eigenvalue weighted by atomic mass is 16.5. The van der Waals surface area contributed by atoms with Gasteiger partial charge in [-0.15, -0.1) is 0 Å². The molecule has 0 aliphatic heterocycles. The Bertz CT molecular complexity index is 824. The first kappa shape index (κ1) is 16.5. The van der Waals surface area contributed by atoms with Gasteiger partial charge in [0.05, 0.1) is 6.26 Å². The molecule has 2 aromatic carbocycles. The number of carbonyl (C=O) groups is 2. The molecule has 0 spiro atoms. The minimum atomic E-state index is -0.507. The molecule has 0 unspecified atom stereocenters. The molecular formula is C20H17NO4. The number of benzene rings is 2. The molecule has 0 atom stereocenters. The lowest BCUT2D eigenvalue weighted by molar-refractivity contribution is -0.143. The van der Waals surface area contributed by atoms with Gasteiger partial charge in [0.25, 0.3) is 5.91 Å². The molecule has 3 aromatic rings. The molecule has 5 nitrogen and oxygen atoms in total. The van der Waals surface area contributed by atoms with Crippen LogP contribution in [0.4, 0.5) is 0 Å². The molecule has 0 bridgehead atoms. The minimum absolute atomic E-state index is 0.157. The number of hydrogen-bond donors (Lipinski definition) is 1. The number of hydrogen-bond acceptors (Lipinski definition) is 4. The van der Waals surface area contributed by atoms with Crippen molar-refractivity contribution in [3.63, 3.8) is 0 Å². The van der Waals surface area contributed by atoms with Gasteiger partial charge in [-0.2, -0.15) is 0 Å². The van der Waals surface area contributed by atoms with E-state index in [1.54, 1.807) is 6.07 Å². The Kier molecular flexibility index (Phi) is 5.26. The summed E-state index contributed by atoms with van der Waals surface area (Å²) < 4.78 is 10.1.